The monoisotopic (exact) mass is 304 g/mol. The maximum Gasteiger partial charge on any atom is 0.461 e. The number of rotatable bonds is 4. The Balaban J connectivity index is 3.05. The van der Waals surface area contributed by atoms with E-state index >= 15 is 0 Å². The zero-order valence-electron chi connectivity index (χ0n) is 9.98. The highest BCUT2D eigenvalue weighted by atomic mass is 35.5. The second-order valence-corrected chi connectivity index (χ2v) is 4.23. The molecule has 0 aliphatic heterocycles. The van der Waals surface area contributed by atoms with Crippen molar-refractivity contribution in [3.05, 3.63) is 16.4 Å². The molecule has 108 valence electrons. The number of ketones is 1. The zero-order valence-corrected chi connectivity index (χ0v) is 10.7. The molecule has 0 fully saturated rings. The summed E-state index contributed by atoms with van der Waals surface area (Å²) in [6.07, 6.45) is -6.67. The summed E-state index contributed by atoms with van der Waals surface area (Å²) < 4.78 is 62.8. The molecular weight excluding hydrogens is 295 g/mol. The Labute approximate surface area is 110 Å². The van der Waals surface area contributed by atoms with Crippen LogP contribution >= 0.6 is 11.6 Å². The minimum Gasteiger partial charge on any atom is -0.292 e. The maximum absolute atomic E-state index is 12.8. The fourth-order valence-corrected chi connectivity index (χ4v) is 1.79. The molecule has 0 saturated heterocycles. The van der Waals surface area contributed by atoms with Gasteiger partial charge in [0.2, 0.25) is 5.78 Å². The fourth-order valence-electron chi connectivity index (χ4n) is 1.43. The summed E-state index contributed by atoms with van der Waals surface area (Å²) in [7, 11) is 1.32. The second kappa shape index (κ2) is 5.07. The minimum atomic E-state index is -5.91. The van der Waals surface area contributed by atoms with Crippen LogP contribution in [0.25, 0.3) is 0 Å². The van der Waals surface area contributed by atoms with E-state index in [4.69, 9.17) is 11.6 Å². The van der Waals surface area contributed by atoms with Gasteiger partial charge in [-0.15, -0.1) is 0 Å². The molecule has 0 spiro atoms. The van der Waals surface area contributed by atoms with E-state index in [2.05, 4.69) is 5.10 Å². The molecule has 0 aliphatic rings. The van der Waals surface area contributed by atoms with Crippen molar-refractivity contribution in [1.82, 2.24) is 9.78 Å². The van der Waals surface area contributed by atoms with Crippen LogP contribution in [0.3, 0.4) is 0 Å². The van der Waals surface area contributed by atoms with Gasteiger partial charge in [0.1, 0.15) is 0 Å². The van der Waals surface area contributed by atoms with Crippen LogP contribution in [0.5, 0.6) is 0 Å². The van der Waals surface area contributed by atoms with Gasteiger partial charge in [-0.05, 0) is 6.42 Å². The first kappa shape index (κ1) is 15.9. The molecule has 0 amide bonds. The number of carbonyl (C=O) groups is 1. The molecule has 3 nitrogen and oxygen atoms in total. The molecule has 0 radical (unpaired) electrons. The molecule has 19 heavy (non-hydrogen) atoms. The highest BCUT2D eigenvalue weighted by Crippen LogP contribution is 2.37. The number of hydrogen-bond donors (Lipinski definition) is 0. The third kappa shape index (κ3) is 2.88. The summed E-state index contributed by atoms with van der Waals surface area (Å²) in [5.74, 6) is -7.65. The normalized spacial score (nSPS) is 12.8. The average molecular weight is 305 g/mol. The Morgan fingerprint density at radius 2 is 1.84 bits per heavy atom. The summed E-state index contributed by atoms with van der Waals surface area (Å²) in [5.41, 5.74) is 0.176. The van der Waals surface area contributed by atoms with Gasteiger partial charge in [-0.1, -0.05) is 18.5 Å². The van der Waals surface area contributed by atoms with Crippen LogP contribution in [0.1, 0.15) is 18.3 Å². The van der Waals surface area contributed by atoms with E-state index in [9.17, 15) is 26.7 Å². The first-order valence-corrected chi connectivity index (χ1v) is 5.58. The SMILES string of the molecule is CCc1nn(C)c(CC(=O)C(F)(F)C(F)(F)F)c1Cl. The number of halogens is 6. The van der Waals surface area contributed by atoms with Crippen LogP contribution in [-0.4, -0.2) is 27.7 Å². The molecule has 0 N–H and O–H groups in total. The van der Waals surface area contributed by atoms with Gasteiger partial charge in [-0.3, -0.25) is 9.48 Å². The van der Waals surface area contributed by atoms with Crippen molar-refractivity contribution < 1.29 is 26.7 Å². The number of aromatic nitrogens is 2. The van der Waals surface area contributed by atoms with E-state index in [-0.39, 0.29) is 10.7 Å². The van der Waals surface area contributed by atoms with Gasteiger partial charge in [0.05, 0.1) is 22.8 Å². The third-order valence-corrected chi connectivity index (χ3v) is 2.97. The molecule has 9 heteroatoms. The van der Waals surface area contributed by atoms with Crippen LogP contribution in [0.15, 0.2) is 0 Å². The largest absolute Gasteiger partial charge is 0.461 e. The van der Waals surface area contributed by atoms with Crippen molar-refractivity contribution in [3.63, 3.8) is 0 Å². The van der Waals surface area contributed by atoms with Crippen molar-refractivity contribution in [3.8, 4) is 0 Å². The van der Waals surface area contributed by atoms with Gasteiger partial charge in [0.15, 0.2) is 0 Å². The Bertz CT molecular complexity index is 495. The van der Waals surface area contributed by atoms with Crippen molar-refractivity contribution in [1.29, 1.82) is 0 Å². The van der Waals surface area contributed by atoms with Crippen LogP contribution < -0.4 is 0 Å². The van der Waals surface area contributed by atoms with E-state index in [0.717, 1.165) is 4.68 Å². The average Bonchev–Trinajstić information content (AvgIpc) is 2.54. The molecule has 1 heterocycles. The first-order valence-electron chi connectivity index (χ1n) is 5.20. The lowest BCUT2D eigenvalue weighted by atomic mass is 10.1. The van der Waals surface area contributed by atoms with Crippen LogP contribution in [0.4, 0.5) is 22.0 Å². The summed E-state index contributed by atoms with van der Waals surface area (Å²) in [6.45, 7) is 1.68. The predicted molar refractivity (Wildman–Crippen MR) is 57.3 cm³/mol. The summed E-state index contributed by atoms with van der Waals surface area (Å²) in [6, 6.07) is 0. The third-order valence-electron chi connectivity index (χ3n) is 2.54. The quantitative estimate of drug-likeness (QED) is 0.802. The van der Waals surface area contributed by atoms with Gasteiger partial charge in [0.25, 0.3) is 0 Å². The minimum absolute atomic E-state index is 0.0590. The number of hydrogen-bond acceptors (Lipinski definition) is 2. The van der Waals surface area contributed by atoms with E-state index in [1.807, 2.05) is 0 Å². The number of Topliss-reactive ketones (excluding diaryl/α,β-unsaturated/α-hetero) is 1. The molecule has 1 aromatic heterocycles. The number of aryl methyl sites for hydroxylation is 2. The van der Waals surface area contributed by atoms with Crippen LogP contribution in [0, 0.1) is 0 Å². The molecule has 0 aromatic carbocycles. The summed E-state index contributed by atoms with van der Waals surface area (Å²) in [4.78, 5) is 11.1. The standard InChI is InChI=1S/C10H10ClF5N2O/c1-3-5-8(11)6(18(2)17-5)4-7(19)9(12,13)10(14,15)16/h3-4H2,1-2H3. The Morgan fingerprint density at radius 1 is 1.32 bits per heavy atom. The number of nitrogens with zero attached hydrogens (tertiary/aromatic N) is 2. The lowest BCUT2D eigenvalue weighted by Crippen LogP contribution is -2.45. The Hall–Kier alpha value is -1.18. The molecule has 0 saturated carbocycles. The van der Waals surface area contributed by atoms with E-state index < -0.39 is 24.3 Å². The van der Waals surface area contributed by atoms with Gasteiger partial charge >= 0.3 is 12.1 Å². The van der Waals surface area contributed by atoms with Crippen molar-refractivity contribution in [2.75, 3.05) is 0 Å². The van der Waals surface area contributed by atoms with Crippen molar-refractivity contribution >= 4 is 17.4 Å². The highest BCUT2D eigenvalue weighted by molar-refractivity contribution is 6.32. The number of alkyl halides is 5. The topological polar surface area (TPSA) is 34.9 Å². The molecule has 0 aliphatic carbocycles. The Kier molecular flexibility index (Phi) is 4.23. The highest BCUT2D eigenvalue weighted by Gasteiger charge is 2.62. The van der Waals surface area contributed by atoms with E-state index in [1.54, 1.807) is 6.92 Å². The van der Waals surface area contributed by atoms with Gasteiger partial charge in [-0.25, -0.2) is 0 Å². The molecule has 0 atom stereocenters. The predicted octanol–water partition coefficient (Wildman–Crippen LogP) is 2.95. The zero-order chi connectivity index (χ0) is 15.0. The van der Waals surface area contributed by atoms with Gasteiger partial charge in [0, 0.05) is 7.05 Å². The van der Waals surface area contributed by atoms with E-state index in [1.165, 1.54) is 7.05 Å². The van der Waals surface area contributed by atoms with Gasteiger partial charge < -0.3 is 0 Å². The molecular formula is C10H10ClF5N2O. The second-order valence-electron chi connectivity index (χ2n) is 3.86. The lowest BCUT2D eigenvalue weighted by Gasteiger charge is -2.18. The maximum atomic E-state index is 12.8. The first-order chi connectivity index (χ1) is 8.52. The lowest BCUT2D eigenvalue weighted by molar-refractivity contribution is -0.268. The van der Waals surface area contributed by atoms with E-state index in [0.29, 0.717) is 12.1 Å². The molecule has 0 unspecified atom stereocenters. The van der Waals surface area contributed by atoms with Crippen LogP contribution in [0.2, 0.25) is 5.02 Å². The van der Waals surface area contributed by atoms with Crippen LogP contribution in [-0.2, 0) is 24.7 Å². The number of carbonyl (C=O) groups excluding carboxylic acids is 1. The summed E-state index contributed by atoms with van der Waals surface area (Å²) in [5, 5.41) is 3.77. The smallest absolute Gasteiger partial charge is 0.292 e. The summed E-state index contributed by atoms with van der Waals surface area (Å²) >= 11 is 5.78. The molecule has 0 bridgehead atoms. The van der Waals surface area contributed by atoms with Crippen molar-refractivity contribution in [2.24, 2.45) is 7.05 Å². The molecule has 1 rings (SSSR count). The molecule has 1 aromatic rings. The fraction of sp³-hybridized carbons (Fsp3) is 0.600. The Morgan fingerprint density at radius 3 is 2.21 bits per heavy atom. The van der Waals surface area contributed by atoms with Crippen molar-refractivity contribution in [2.45, 2.75) is 31.9 Å². The van der Waals surface area contributed by atoms with Gasteiger partial charge in [-0.2, -0.15) is 27.1 Å².